The van der Waals surface area contributed by atoms with Crippen molar-refractivity contribution < 1.29 is 19.0 Å². The zero-order valence-electron chi connectivity index (χ0n) is 22.0. The highest BCUT2D eigenvalue weighted by atomic mass is 16.5. The number of benzene rings is 2. The van der Waals surface area contributed by atoms with E-state index in [1.807, 2.05) is 12.1 Å². The van der Waals surface area contributed by atoms with Crippen LogP contribution in [0.4, 0.5) is 23.0 Å². The number of nitrogens with one attached hydrogen (secondary N) is 2. The van der Waals surface area contributed by atoms with E-state index in [4.69, 9.17) is 14.2 Å². The predicted octanol–water partition coefficient (Wildman–Crippen LogP) is 4.30. The van der Waals surface area contributed by atoms with E-state index < -0.39 is 0 Å². The van der Waals surface area contributed by atoms with Gasteiger partial charge in [-0.25, -0.2) is 4.98 Å². The maximum absolute atomic E-state index is 11.6. The van der Waals surface area contributed by atoms with Crippen molar-refractivity contribution in [3.63, 3.8) is 0 Å². The first-order valence-electron chi connectivity index (χ1n) is 12.4. The van der Waals surface area contributed by atoms with Crippen molar-refractivity contribution in [2.24, 2.45) is 0 Å². The summed E-state index contributed by atoms with van der Waals surface area (Å²) >= 11 is 0. The Kier molecular flexibility index (Phi) is 9.12. The van der Waals surface area contributed by atoms with Gasteiger partial charge in [0.25, 0.3) is 5.88 Å². The number of hydrogen-bond acceptors (Lipinski definition) is 9. The molecule has 1 amide bonds. The third kappa shape index (κ3) is 6.99. The average Bonchev–Trinajstić information content (AvgIpc) is 3.41. The van der Waals surface area contributed by atoms with Crippen LogP contribution in [0, 0.1) is 0 Å². The molecule has 1 fully saturated rings. The van der Waals surface area contributed by atoms with Gasteiger partial charge in [0, 0.05) is 63.0 Å². The third-order valence-electron chi connectivity index (χ3n) is 6.38. The number of aromatic nitrogens is 2. The normalized spacial score (nSPS) is 15.1. The molecule has 2 aromatic carbocycles. The van der Waals surface area contributed by atoms with Crippen LogP contribution >= 0.6 is 0 Å². The Hall–Kier alpha value is -4.15. The minimum Gasteiger partial charge on any atom is -0.490 e. The molecule has 4 rings (SSSR count). The molecular weight excluding hydrogens is 484 g/mol. The molecule has 1 aliphatic rings. The van der Waals surface area contributed by atoms with E-state index in [1.54, 1.807) is 37.6 Å². The number of ether oxygens (including phenoxy) is 3. The van der Waals surface area contributed by atoms with Crippen molar-refractivity contribution in [3.8, 4) is 17.4 Å². The Labute approximate surface area is 223 Å². The van der Waals surface area contributed by atoms with E-state index in [2.05, 4.69) is 56.2 Å². The molecule has 1 saturated heterocycles. The lowest BCUT2D eigenvalue weighted by Gasteiger charge is -2.27. The quantitative estimate of drug-likeness (QED) is 0.340. The molecule has 1 atom stereocenters. The summed E-state index contributed by atoms with van der Waals surface area (Å²) in [6.07, 6.45) is 3.88. The highest BCUT2D eigenvalue weighted by Gasteiger charge is 2.25. The van der Waals surface area contributed by atoms with Crippen LogP contribution in [0.25, 0.3) is 0 Å². The van der Waals surface area contributed by atoms with Crippen LogP contribution in [-0.2, 0) is 9.53 Å². The van der Waals surface area contributed by atoms with Crippen molar-refractivity contribution in [1.82, 2.24) is 14.9 Å². The van der Waals surface area contributed by atoms with Crippen LogP contribution in [0.3, 0.4) is 0 Å². The molecule has 10 heteroatoms. The molecule has 1 unspecified atom stereocenters. The molecule has 0 bridgehead atoms. The topological polar surface area (TPSA) is 101 Å². The maximum atomic E-state index is 11.6. The van der Waals surface area contributed by atoms with Gasteiger partial charge in [0.2, 0.25) is 11.9 Å². The Morgan fingerprint density at radius 1 is 1.21 bits per heavy atom. The number of carbonyl (C=O) groups is 1. The summed E-state index contributed by atoms with van der Waals surface area (Å²) in [6.45, 7) is 7.31. The number of anilines is 4. The van der Waals surface area contributed by atoms with E-state index in [-0.39, 0.29) is 11.8 Å². The smallest absolute Gasteiger partial charge is 0.267 e. The second-order valence-corrected chi connectivity index (χ2v) is 8.91. The van der Waals surface area contributed by atoms with Crippen LogP contribution in [0.1, 0.15) is 6.42 Å². The van der Waals surface area contributed by atoms with Gasteiger partial charge in [-0.1, -0.05) is 12.6 Å². The maximum Gasteiger partial charge on any atom is 0.267 e. The molecule has 0 aliphatic carbocycles. The minimum atomic E-state index is -0.308. The van der Waals surface area contributed by atoms with Gasteiger partial charge in [-0.15, -0.1) is 0 Å². The lowest BCUT2D eigenvalue weighted by Crippen LogP contribution is -2.35. The van der Waals surface area contributed by atoms with Gasteiger partial charge in [0.15, 0.2) is 5.75 Å². The number of likely N-dealkylation sites (N-methyl/N-ethyl adjacent to an activating group) is 1. The number of carbonyl (C=O) groups excluding carboxylic acids is 1. The number of rotatable bonds is 12. The highest BCUT2D eigenvalue weighted by Crippen LogP contribution is 2.32. The second-order valence-electron chi connectivity index (χ2n) is 8.91. The van der Waals surface area contributed by atoms with Gasteiger partial charge >= 0.3 is 0 Å². The van der Waals surface area contributed by atoms with Gasteiger partial charge in [-0.2, -0.15) is 4.98 Å². The molecule has 2 heterocycles. The Morgan fingerprint density at radius 2 is 2.03 bits per heavy atom. The zero-order chi connectivity index (χ0) is 26.9. The number of likely N-dealkylation sites (tertiary alicyclic amines) is 1. The Morgan fingerprint density at radius 3 is 2.76 bits per heavy atom. The van der Waals surface area contributed by atoms with E-state index in [9.17, 15) is 4.79 Å². The van der Waals surface area contributed by atoms with Crippen molar-refractivity contribution in [3.05, 3.63) is 67.4 Å². The minimum absolute atomic E-state index is 0.243. The largest absolute Gasteiger partial charge is 0.490 e. The first kappa shape index (κ1) is 26.9. The van der Waals surface area contributed by atoms with Gasteiger partial charge < -0.3 is 29.7 Å². The molecule has 10 nitrogen and oxygen atoms in total. The lowest BCUT2D eigenvalue weighted by atomic mass is 10.2. The monoisotopic (exact) mass is 518 g/mol. The first-order valence-corrected chi connectivity index (χ1v) is 12.4. The molecule has 0 radical (unpaired) electrons. The molecule has 1 aliphatic heterocycles. The van der Waals surface area contributed by atoms with Crippen LogP contribution in [0.15, 0.2) is 67.4 Å². The summed E-state index contributed by atoms with van der Waals surface area (Å²) in [6, 6.07) is 15.6. The predicted molar refractivity (Wildman–Crippen MR) is 149 cm³/mol. The van der Waals surface area contributed by atoms with Gasteiger partial charge in [0.05, 0.1) is 19.9 Å². The fourth-order valence-electron chi connectivity index (χ4n) is 4.24. The van der Waals surface area contributed by atoms with Crippen LogP contribution in [0.2, 0.25) is 0 Å². The number of hydrogen-bond donors (Lipinski definition) is 2. The molecule has 38 heavy (non-hydrogen) atoms. The van der Waals surface area contributed by atoms with Crippen LogP contribution < -0.4 is 25.0 Å². The highest BCUT2D eigenvalue weighted by molar-refractivity contribution is 5.98. The SMILES string of the molecule is C=CC(=O)Nc1cccc(Oc2nc(Nc3ccc(N(C)C4CCN(CCOC)C4)cc3)ncc2OC)c1. The van der Waals surface area contributed by atoms with Crippen molar-refractivity contribution >= 4 is 28.9 Å². The number of nitrogens with zero attached hydrogens (tertiary/aromatic N) is 4. The van der Waals surface area contributed by atoms with Gasteiger partial charge in [-0.3, -0.25) is 9.69 Å². The number of amides is 1. The number of methoxy groups -OCH3 is 2. The fourth-order valence-corrected chi connectivity index (χ4v) is 4.24. The first-order chi connectivity index (χ1) is 18.5. The Bertz CT molecular complexity index is 1240. The van der Waals surface area contributed by atoms with Gasteiger partial charge in [0.1, 0.15) is 5.75 Å². The van der Waals surface area contributed by atoms with Crippen molar-refractivity contribution in [2.45, 2.75) is 12.5 Å². The third-order valence-corrected chi connectivity index (χ3v) is 6.38. The van der Waals surface area contributed by atoms with Gasteiger partial charge in [-0.05, 0) is 48.9 Å². The van der Waals surface area contributed by atoms with E-state index >= 15 is 0 Å². The molecule has 0 saturated carbocycles. The van der Waals surface area contributed by atoms with Crippen molar-refractivity contribution in [1.29, 1.82) is 0 Å². The van der Waals surface area contributed by atoms with Crippen LogP contribution in [-0.4, -0.2) is 74.3 Å². The van der Waals surface area contributed by atoms with E-state index in [0.29, 0.717) is 29.2 Å². The molecule has 3 aromatic rings. The standard InChI is InChI=1S/C28H34N6O4/c1-5-26(35)30-21-7-6-8-24(17-21)38-27-25(37-4)18-29-28(32-27)31-20-9-11-22(12-10-20)33(2)23-13-14-34(19-23)15-16-36-3/h5-12,17-18,23H,1,13-16,19H2,2-4H3,(H,30,35)(H,29,31,32). The molecule has 200 valence electrons. The summed E-state index contributed by atoms with van der Waals surface area (Å²) in [5.74, 6) is 1.16. The molecule has 2 N–H and O–H groups in total. The fraction of sp³-hybridized carbons (Fsp3) is 0.321. The van der Waals surface area contributed by atoms with E-state index in [1.165, 1.54) is 13.2 Å². The Balaban J connectivity index is 1.41. The zero-order valence-corrected chi connectivity index (χ0v) is 22.0. The van der Waals surface area contributed by atoms with Crippen molar-refractivity contribution in [2.75, 3.05) is 63.0 Å². The molecular formula is C28H34N6O4. The summed E-state index contributed by atoms with van der Waals surface area (Å²) < 4.78 is 16.6. The average molecular weight is 519 g/mol. The second kappa shape index (κ2) is 12.9. The summed E-state index contributed by atoms with van der Waals surface area (Å²) in [4.78, 5) is 25.2. The summed E-state index contributed by atoms with van der Waals surface area (Å²) in [7, 11) is 5.41. The van der Waals surface area contributed by atoms with E-state index in [0.717, 1.165) is 44.0 Å². The summed E-state index contributed by atoms with van der Waals surface area (Å²) in [5.41, 5.74) is 2.57. The molecule has 1 aromatic heterocycles. The lowest BCUT2D eigenvalue weighted by molar-refractivity contribution is -0.111. The summed E-state index contributed by atoms with van der Waals surface area (Å²) in [5, 5.41) is 5.93. The molecule has 0 spiro atoms. The van der Waals surface area contributed by atoms with Crippen LogP contribution in [0.5, 0.6) is 17.4 Å².